The fourth-order valence-electron chi connectivity index (χ4n) is 3.81. The van der Waals surface area contributed by atoms with Crippen LogP contribution in [0.4, 0.5) is 5.69 Å². The number of benzene rings is 3. The quantitative estimate of drug-likeness (QED) is 0.364. The lowest BCUT2D eigenvalue weighted by Crippen LogP contribution is -2.35. The lowest BCUT2D eigenvalue weighted by Gasteiger charge is -2.25. The summed E-state index contributed by atoms with van der Waals surface area (Å²) in [5, 5.41) is 3.43. The molecule has 0 aromatic heterocycles. The molecule has 1 N–H and O–H groups in total. The Morgan fingerprint density at radius 3 is 2.15 bits per heavy atom. The summed E-state index contributed by atoms with van der Waals surface area (Å²) < 4.78 is 27.3. The van der Waals surface area contributed by atoms with Crippen LogP contribution in [0.5, 0.6) is 0 Å². The summed E-state index contributed by atoms with van der Waals surface area (Å²) in [7, 11) is -3.52. The van der Waals surface area contributed by atoms with Crippen molar-refractivity contribution in [2.45, 2.75) is 24.2 Å². The van der Waals surface area contributed by atoms with E-state index in [2.05, 4.69) is 5.32 Å². The fraction of sp³-hybridized carbons (Fsp3) is 0.192. The summed E-state index contributed by atoms with van der Waals surface area (Å²) in [5.74, 6) is -0.312. The van der Waals surface area contributed by atoms with E-state index >= 15 is 0 Å². The van der Waals surface area contributed by atoms with E-state index in [0.717, 1.165) is 30.4 Å². The Morgan fingerprint density at radius 2 is 1.48 bits per heavy atom. The van der Waals surface area contributed by atoms with Crippen LogP contribution in [0, 0.1) is 0 Å². The topological polar surface area (TPSA) is 66.5 Å². The summed E-state index contributed by atoms with van der Waals surface area (Å²) in [6.45, 7) is 1.10. The predicted octanol–water partition coefficient (Wildman–Crippen LogP) is 5.69. The minimum atomic E-state index is -3.52. The molecule has 0 saturated carbocycles. The van der Waals surface area contributed by atoms with Crippen LogP contribution in [-0.2, 0) is 14.8 Å². The molecule has 33 heavy (non-hydrogen) atoms. The molecule has 1 saturated heterocycles. The van der Waals surface area contributed by atoms with Crippen molar-refractivity contribution in [2.24, 2.45) is 0 Å². The molecule has 3 aromatic rings. The molecule has 0 unspecified atom stereocenters. The maximum atomic E-state index is 13.2. The number of nitrogens with one attached hydrogen (secondary N) is 1. The maximum absolute atomic E-state index is 13.2. The van der Waals surface area contributed by atoms with E-state index < -0.39 is 10.0 Å². The highest BCUT2D eigenvalue weighted by molar-refractivity contribution is 7.89. The van der Waals surface area contributed by atoms with Crippen LogP contribution in [0.25, 0.3) is 11.6 Å². The number of nitrogens with zero attached hydrogens (tertiary/aromatic N) is 1. The standard InChI is InChI=1S/C26H25ClN2O3S/c27-25-12-6-5-11-21(25)19-24(20-9-3-1-4-10-20)26(30)28-22-13-15-23(16-14-22)33(31,32)29-17-7-2-8-18-29/h1,3-6,9-16,19H,2,7-8,17-18H2,(H,28,30). The highest BCUT2D eigenvalue weighted by Gasteiger charge is 2.25. The number of piperidine rings is 1. The van der Waals surface area contributed by atoms with Gasteiger partial charge in [-0.3, -0.25) is 4.79 Å². The van der Waals surface area contributed by atoms with Crippen molar-refractivity contribution in [3.05, 3.63) is 95.0 Å². The first kappa shape index (κ1) is 23.2. The van der Waals surface area contributed by atoms with Crippen molar-refractivity contribution >= 4 is 44.9 Å². The minimum absolute atomic E-state index is 0.234. The molecule has 4 rings (SSSR count). The van der Waals surface area contributed by atoms with Gasteiger partial charge in [0.05, 0.1) is 4.90 Å². The molecule has 0 radical (unpaired) electrons. The van der Waals surface area contributed by atoms with Gasteiger partial charge in [0.2, 0.25) is 10.0 Å². The maximum Gasteiger partial charge on any atom is 0.256 e. The van der Waals surface area contributed by atoms with Gasteiger partial charge in [-0.25, -0.2) is 8.42 Å². The lowest BCUT2D eigenvalue weighted by molar-refractivity contribution is -0.111. The normalized spacial score (nSPS) is 15.2. The van der Waals surface area contributed by atoms with Gasteiger partial charge in [0.25, 0.3) is 5.91 Å². The largest absolute Gasteiger partial charge is 0.322 e. The first-order chi connectivity index (χ1) is 15.9. The van der Waals surface area contributed by atoms with Crippen LogP contribution < -0.4 is 5.32 Å². The van der Waals surface area contributed by atoms with Crippen molar-refractivity contribution in [3.8, 4) is 0 Å². The molecule has 170 valence electrons. The number of hydrogen-bond acceptors (Lipinski definition) is 3. The van der Waals surface area contributed by atoms with Crippen LogP contribution in [0.1, 0.15) is 30.4 Å². The number of hydrogen-bond donors (Lipinski definition) is 1. The van der Waals surface area contributed by atoms with Crippen molar-refractivity contribution in [1.29, 1.82) is 0 Å². The predicted molar refractivity (Wildman–Crippen MR) is 133 cm³/mol. The number of amides is 1. The Labute approximate surface area is 199 Å². The molecule has 1 aliphatic rings. The molecule has 5 nitrogen and oxygen atoms in total. The first-order valence-corrected chi connectivity index (χ1v) is 12.7. The van der Waals surface area contributed by atoms with Gasteiger partial charge in [-0.15, -0.1) is 0 Å². The Hall–Kier alpha value is -2.93. The summed E-state index contributed by atoms with van der Waals surface area (Å²) in [6, 6.07) is 23.0. The van der Waals surface area contributed by atoms with Gasteiger partial charge >= 0.3 is 0 Å². The minimum Gasteiger partial charge on any atom is -0.322 e. The van der Waals surface area contributed by atoms with Crippen LogP contribution in [0.2, 0.25) is 5.02 Å². The monoisotopic (exact) mass is 480 g/mol. The Kier molecular flexibility index (Phi) is 7.28. The summed E-state index contributed by atoms with van der Waals surface area (Å²) in [5.41, 5.74) is 2.45. The van der Waals surface area contributed by atoms with Gasteiger partial charge in [0.1, 0.15) is 0 Å². The van der Waals surface area contributed by atoms with E-state index in [1.54, 1.807) is 36.4 Å². The van der Waals surface area contributed by atoms with Crippen LogP contribution in [0.15, 0.2) is 83.8 Å². The number of carbonyl (C=O) groups is 1. The van der Waals surface area contributed by atoms with E-state index in [1.165, 1.54) is 4.31 Å². The third-order valence-electron chi connectivity index (χ3n) is 5.60. The first-order valence-electron chi connectivity index (χ1n) is 10.9. The third kappa shape index (κ3) is 5.53. The zero-order valence-electron chi connectivity index (χ0n) is 18.1. The van der Waals surface area contributed by atoms with E-state index in [0.29, 0.717) is 29.4 Å². The zero-order chi connectivity index (χ0) is 23.3. The molecule has 0 aliphatic carbocycles. The Bertz CT molecular complexity index is 1250. The molecule has 1 aliphatic heterocycles. The zero-order valence-corrected chi connectivity index (χ0v) is 19.6. The molecule has 0 bridgehead atoms. The van der Waals surface area contributed by atoms with Gasteiger partial charge in [-0.1, -0.05) is 66.6 Å². The van der Waals surface area contributed by atoms with Gasteiger partial charge in [0.15, 0.2) is 0 Å². The summed E-state index contributed by atoms with van der Waals surface area (Å²) in [4.78, 5) is 13.4. The van der Waals surface area contributed by atoms with Crippen molar-refractivity contribution in [2.75, 3.05) is 18.4 Å². The molecule has 0 atom stereocenters. The highest BCUT2D eigenvalue weighted by Crippen LogP contribution is 2.26. The van der Waals surface area contributed by atoms with Crippen LogP contribution >= 0.6 is 11.6 Å². The number of rotatable bonds is 6. The van der Waals surface area contributed by atoms with E-state index in [1.807, 2.05) is 48.5 Å². The van der Waals surface area contributed by atoms with E-state index in [-0.39, 0.29) is 10.8 Å². The number of carbonyl (C=O) groups excluding carboxylic acids is 1. The highest BCUT2D eigenvalue weighted by atomic mass is 35.5. The van der Waals surface area contributed by atoms with Crippen molar-refractivity contribution in [3.63, 3.8) is 0 Å². The second kappa shape index (κ2) is 10.3. The average Bonchev–Trinajstić information content (AvgIpc) is 2.85. The van der Waals surface area contributed by atoms with Crippen LogP contribution in [-0.4, -0.2) is 31.7 Å². The second-order valence-corrected chi connectivity index (χ2v) is 10.2. The average molecular weight is 481 g/mol. The van der Waals surface area contributed by atoms with Gasteiger partial charge < -0.3 is 5.32 Å². The second-order valence-electron chi connectivity index (χ2n) is 7.89. The molecule has 1 heterocycles. The number of anilines is 1. The molecular formula is C26H25ClN2O3S. The summed E-state index contributed by atoms with van der Waals surface area (Å²) in [6.07, 6.45) is 4.57. The molecule has 3 aromatic carbocycles. The van der Waals surface area contributed by atoms with Crippen molar-refractivity contribution in [1.82, 2.24) is 4.31 Å². The van der Waals surface area contributed by atoms with E-state index in [4.69, 9.17) is 11.6 Å². The Morgan fingerprint density at radius 1 is 0.848 bits per heavy atom. The smallest absolute Gasteiger partial charge is 0.256 e. The fourth-order valence-corrected chi connectivity index (χ4v) is 5.52. The third-order valence-corrected chi connectivity index (χ3v) is 7.86. The number of halogens is 1. The van der Waals surface area contributed by atoms with Gasteiger partial charge in [-0.05, 0) is 60.4 Å². The van der Waals surface area contributed by atoms with Gasteiger partial charge in [0, 0.05) is 29.4 Å². The Balaban J connectivity index is 1.58. The molecule has 0 spiro atoms. The van der Waals surface area contributed by atoms with E-state index in [9.17, 15) is 13.2 Å². The molecular weight excluding hydrogens is 456 g/mol. The van der Waals surface area contributed by atoms with Gasteiger partial charge in [-0.2, -0.15) is 4.31 Å². The van der Waals surface area contributed by atoms with Crippen molar-refractivity contribution < 1.29 is 13.2 Å². The lowest BCUT2D eigenvalue weighted by atomic mass is 10.0. The summed E-state index contributed by atoms with van der Waals surface area (Å²) >= 11 is 6.31. The molecule has 1 fully saturated rings. The molecule has 7 heteroatoms. The SMILES string of the molecule is O=C(Nc1ccc(S(=O)(=O)N2CCCCC2)cc1)C(=Cc1ccccc1Cl)c1ccccc1. The molecule has 1 amide bonds. The number of sulfonamides is 1. The van der Waals surface area contributed by atoms with Crippen LogP contribution in [0.3, 0.4) is 0 Å².